The highest BCUT2D eigenvalue weighted by Crippen LogP contribution is 2.31. The number of rotatable bonds is 9. The lowest BCUT2D eigenvalue weighted by atomic mass is 10.2. The van der Waals surface area contributed by atoms with Crippen molar-refractivity contribution in [1.82, 2.24) is 9.97 Å². The van der Waals surface area contributed by atoms with E-state index < -0.39 is 0 Å². The maximum absolute atomic E-state index is 12.2. The molecule has 8 heteroatoms. The Morgan fingerprint density at radius 3 is 2.52 bits per heavy atom. The van der Waals surface area contributed by atoms with E-state index >= 15 is 0 Å². The van der Waals surface area contributed by atoms with Crippen LogP contribution < -0.4 is 4.90 Å². The van der Waals surface area contributed by atoms with Crippen molar-refractivity contribution in [3.05, 3.63) is 17.3 Å². The Hall–Kier alpha value is -1.77. The molecule has 7 nitrogen and oxygen atoms in total. The van der Waals surface area contributed by atoms with Crippen LogP contribution in [0, 0.1) is 0 Å². The molecular weight excluding hydrogens is 318 g/mol. The van der Waals surface area contributed by atoms with Crippen molar-refractivity contribution in [2.75, 3.05) is 52.0 Å². The van der Waals surface area contributed by atoms with Gasteiger partial charge in [0.25, 0.3) is 0 Å². The van der Waals surface area contributed by atoms with Crippen LogP contribution in [0.3, 0.4) is 0 Å². The van der Waals surface area contributed by atoms with Crippen molar-refractivity contribution in [1.29, 1.82) is 0 Å². The van der Waals surface area contributed by atoms with Gasteiger partial charge in [0.05, 0.1) is 30.8 Å². The van der Waals surface area contributed by atoms with Gasteiger partial charge < -0.3 is 19.1 Å². The standard InChI is InChI=1S/C15H21N3O4S/c1-4-22-15(19)11-9-23-14-12(11)13(16-10-17-14)18(5-7-20-2)6-8-21-3/h9-10H,4-8H2,1-3H3. The number of anilines is 1. The summed E-state index contributed by atoms with van der Waals surface area (Å²) < 4.78 is 15.5. The molecule has 2 rings (SSSR count). The van der Waals surface area contributed by atoms with E-state index in [0.717, 1.165) is 10.2 Å². The van der Waals surface area contributed by atoms with Crippen molar-refractivity contribution in [3.63, 3.8) is 0 Å². The van der Waals surface area contributed by atoms with Crippen LogP contribution in [0.2, 0.25) is 0 Å². The molecule has 0 bridgehead atoms. The Morgan fingerprint density at radius 1 is 1.22 bits per heavy atom. The summed E-state index contributed by atoms with van der Waals surface area (Å²) in [6, 6.07) is 0. The Morgan fingerprint density at radius 2 is 1.91 bits per heavy atom. The molecule has 23 heavy (non-hydrogen) atoms. The lowest BCUT2D eigenvalue weighted by Gasteiger charge is -2.23. The molecule has 2 aromatic rings. The SMILES string of the molecule is CCOC(=O)c1csc2ncnc(N(CCOC)CCOC)c12. The number of thiophene rings is 1. The van der Waals surface area contributed by atoms with Gasteiger partial charge in [-0.05, 0) is 6.92 Å². The summed E-state index contributed by atoms with van der Waals surface area (Å²) >= 11 is 1.41. The summed E-state index contributed by atoms with van der Waals surface area (Å²) in [5, 5.41) is 2.49. The minimum Gasteiger partial charge on any atom is -0.462 e. The lowest BCUT2D eigenvalue weighted by molar-refractivity contribution is 0.0529. The zero-order chi connectivity index (χ0) is 16.7. The number of nitrogens with zero attached hydrogens (tertiary/aromatic N) is 3. The van der Waals surface area contributed by atoms with Gasteiger partial charge in [-0.2, -0.15) is 0 Å². The van der Waals surface area contributed by atoms with Crippen LogP contribution in [0.15, 0.2) is 11.7 Å². The molecule has 126 valence electrons. The number of hydrogen-bond donors (Lipinski definition) is 0. The third-order valence-corrected chi connectivity index (χ3v) is 4.16. The Balaban J connectivity index is 2.43. The van der Waals surface area contributed by atoms with E-state index in [-0.39, 0.29) is 5.97 Å². The summed E-state index contributed by atoms with van der Waals surface area (Å²) in [5.41, 5.74) is 0.502. The molecule has 0 saturated heterocycles. The van der Waals surface area contributed by atoms with E-state index in [0.29, 0.717) is 44.3 Å². The fourth-order valence-electron chi connectivity index (χ4n) is 2.18. The third-order valence-electron chi connectivity index (χ3n) is 3.28. The highest BCUT2D eigenvalue weighted by Gasteiger charge is 2.21. The van der Waals surface area contributed by atoms with E-state index in [2.05, 4.69) is 9.97 Å². The van der Waals surface area contributed by atoms with E-state index in [9.17, 15) is 4.79 Å². The number of aromatic nitrogens is 2. The molecule has 0 spiro atoms. The molecule has 0 amide bonds. The summed E-state index contributed by atoms with van der Waals surface area (Å²) in [6.45, 7) is 4.50. The van der Waals surface area contributed by atoms with Crippen LogP contribution >= 0.6 is 11.3 Å². The van der Waals surface area contributed by atoms with Gasteiger partial charge in [0.2, 0.25) is 0 Å². The normalized spacial score (nSPS) is 10.9. The van der Waals surface area contributed by atoms with E-state index in [1.807, 2.05) is 4.90 Å². The summed E-state index contributed by atoms with van der Waals surface area (Å²) in [7, 11) is 3.30. The summed E-state index contributed by atoms with van der Waals surface area (Å²) in [4.78, 5) is 23.6. The van der Waals surface area contributed by atoms with Crippen molar-refractivity contribution < 1.29 is 19.0 Å². The molecule has 2 heterocycles. The van der Waals surface area contributed by atoms with E-state index in [4.69, 9.17) is 14.2 Å². The van der Waals surface area contributed by atoms with Crippen molar-refractivity contribution in [2.45, 2.75) is 6.92 Å². The Labute approximate surface area is 139 Å². The fraction of sp³-hybridized carbons (Fsp3) is 0.533. The second kappa shape index (κ2) is 8.76. The number of methoxy groups -OCH3 is 2. The maximum atomic E-state index is 12.2. The largest absolute Gasteiger partial charge is 0.462 e. The molecule has 0 N–H and O–H groups in total. The summed E-state index contributed by atoms with van der Waals surface area (Å²) in [5.74, 6) is 0.349. The van der Waals surface area contributed by atoms with Crippen LogP contribution in [0.25, 0.3) is 10.2 Å². The average Bonchev–Trinajstić information content (AvgIpc) is 2.99. The Bertz CT molecular complexity index is 639. The highest BCUT2D eigenvalue weighted by atomic mass is 32.1. The van der Waals surface area contributed by atoms with Crippen LogP contribution in [-0.2, 0) is 14.2 Å². The number of carbonyl (C=O) groups is 1. The second-order valence-electron chi connectivity index (χ2n) is 4.72. The molecule has 0 atom stereocenters. The van der Waals surface area contributed by atoms with Crippen LogP contribution in [-0.4, -0.2) is 63.1 Å². The third kappa shape index (κ3) is 4.15. The van der Waals surface area contributed by atoms with Crippen molar-refractivity contribution in [3.8, 4) is 0 Å². The minimum absolute atomic E-state index is 0.330. The van der Waals surface area contributed by atoms with Gasteiger partial charge in [0.1, 0.15) is 17.0 Å². The van der Waals surface area contributed by atoms with Gasteiger partial charge in [-0.15, -0.1) is 11.3 Å². The fourth-order valence-corrected chi connectivity index (χ4v) is 3.06. The monoisotopic (exact) mass is 339 g/mol. The van der Waals surface area contributed by atoms with Crippen LogP contribution in [0.1, 0.15) is 17.3 Å². The predicted octanol–water partition coefficient (Wildman–Crippen LogP) is 1.97. The first kappa shape index (κ1) is 17.6. The molecule has 0 radical (unpaired) electrons. The minimum atomic E-state index is -0.353. The number of esters is 1. The van der Waals surface area contributed by atoms with Crippen molar-refractivity contribution >= 4 is 33.3 Å². The molecule has 0 aliphatic carbocycles. The summed E-state index contributed by atoms with van der Waals surface area (Å²) in [6.07, 6.45) is 1.51. The molecular formula is C15H21N3O4S. The first-order valence-corrected chi connectivity index (χ1v) is 8.23. The van der Waals surface area contributed by atoms with Crippen LogP contribution in [0.4, 0.5) is 5.82 Å². The number of fused-ring (bicyclic) bond motifs is 1. The molecule has 0 unspecified atom stereocenters. The quantitative estimate of drug-likeness (QED) is 0.647. The zero-order valence-electron chi connectivity index (χ0n) is 13.6. The smallest absolute Gasteiger partial charge is 0.339 e. The van der Waals surface area contributed by atoms with Gasteiger partial charge >= 0.3 is 5.97 Å². The maximum Gasteiger partial charge on any atom is 0.339 e. The van der Waals surface area contributed by atoms with Gasteiger partial charge in [-0.25, -0.2) is 14.8 Å². The molecule has 0 aliphatic rings. The zero-order valence-corrected chi connectivity index (χ0v) is 14.4. The van der Waals surface area contributed by atoms with Crippen molar-refractivity contribution in [2.24, 2.45) is 0 Å². The lowest BCUT2D eigenvalue weighted by Crippen LogP contribution is -2.31. The van der Waals surface area contributed by atoms with E-state index in [1.54, 1.807) is 26.5 Å². The topological polar surface area (TPSA) is 73.8 Å². The molecule has 2 aromatic heterocycles. The highest BCUT2D eigenvalue weighted by molar-refractivity contribution is 7.17. The number of hydrogen-bond acceptors (Lipinski definition) is 8. The molecule has 0 saturated carbocycles. The predicted molar refractivity (Wildman–Crippen MR) is 89.3 cm³/mol. The number of ether oxygens (including phenoxy) is 3. The first-order valence-electron chi connectivity index (χ1n) is 7.35. The molecule has 0 aliphatic heterocycles. The van der Waals surface area contributed by atoms with E-state index in [1.165, 1.54) is 17.7 Å². The van der Waals surface area contributed by atoms with Crippen LogP contribution in [0.5, 0.6) is 0 Å². The molecule has 0 aromatic carbocycles. The van der Waals surface area contributed by atoms with Gasteiger partial charge in [0, 0.05) is 32.7 Å². The van der Waals surface area contributed by atoms with Gasteiger partial charge in [0.15, 0.2) is 0 Å². The second-order valence-corrected chi connectivity index (χ2v) is 5.58. The van der Waals surface area contributed by atoms with Gasteiger partial charge in [-0.3, -0.25) is 0 Å². The first-order chi connectivity index (χ1) is 11.2. The molecule has 0 fully saturated rings. The van der Waals surface area contributed by atoms with Gasteiger partial charge in [-0.1, -0.05) is 0 Å². The average molecular weight is 339 g/mol. The number of carbonyl (C=O) groups excluding carboxylic acids is 1. The Kier molecular flexibility index (Phi) is 6.69.